The number of rotatable bonds is 7. The Kier molecular flexibility index (Phi) is 6.31. The average molecular weight is 520 g/mol. The largest absolute Gasteiger partial charge is 0.494 e. The molecule has 0 bridgehead atoms. The minimum atomic E-state index is -0.196. The molecule has 38 heavy (non-hydrogen) atoms. The van der Waals surface area contributed by atoms with E-state index in [4.69, 9.17) is 9.84 Å². The van der Waals surface area contributed by atoms with E-state index < -0.39 is 0 Å². The van der Waals surface area contributed by atoms with Crippen molar-refractivity contribution in [2.45, 2.75) is 20.3 Å². The van der Waals surface area contributed by atoms with E-state index in [1.807, 2.05) is 103 Å². The van der Waals surface area contributed by atoms with E-state index in [-0.39, 0.29) is 5.56 Å². The minimum Gasteiger partial charge on any atom is -0.494 e. The first-order valence-electron chi connectivity index (χ1n) is 12.5. The Labute approximate surface area is 223 Å². The lowest BCUT2D eigenvalue weighted by atomic mass is 10.1. The van der Waals surface area contributed by atoms with Gasteiger partial charge in [-0.05, 0) is 61.9 Å². The Hall–Kier alpha value is -4.56. The fourth-order valence-electron chi connectivity index (χ4n) is 4.24. The molecule has 8 heteroatoms. The number of para-hydroxylation sites is 1. The van der Waals surface area contributed by atoms with Crippen LogP contribution in [0.4, 0.5) is 0 Å². The predicted molar refractivity (Wildman–Crippen MR) is 151 cm³/mol. The third-order valence-electron chi connectivity index (χ3n) is 6.11. The van der Waals surface area contributed by atoms with Crippen LogP contribution < -0.4 is 14.8 Å². The van der Waals surface area contributed by atoms with Gasteiger partial charge in [0.05, 0.1) is 16.8 Å². The molecule has 0 saturated heterocycles. The summed E-state index contributed by atoms with van der Waals surface area (Å²) in [4.78, 5) is 18.5. The Bertz CT molecular complexity index is 1840. The Morgan fingerprint density at radius 3 is 2.50 bits per heavy atom. The highest BCUT2D eigenvalue weighted by Gasteiger charge is 2.15. The number of nitrogens with zero attached hydrogens (tertiary/aromatic N) is 5. The number of thiazole rings is 1. The summed E-state index contributed by atoms with van der Waals surface area (Å²) in [6.07, 6.45) is 4.77. The molecule has 0 atom stereocenters. The molecule has 3 aromatic carbocycles. The van der Waals surface area contributed by atoms with E-state index in [9.17, 15) is 4.79 Å². The highest BCUT2D eigenvalue weighted by Crippen LogP contribution is 2.27. The number of aryl methyl sites for hydroxylation is 1. The quantitative estimate of drug-likeness (QED) is 0.286. The zero-order valence-electron chi connectivity index (χ0n) is 21.0. The zero-order valence-corrected chi connectivity index (χ0v) is 21.9. The molecule has 3 heterocycles. The van der Waals surface area contributed by atoms with Crippen molar-refractivity contribution >= 4 is 22.4 Å². The van der Waals surface area contributed by atoms with Gasteiger partial charge in [-0.2, -0.15) is 14.6 Å². The van der Waals surface area contributed by atoms with Crippen LogP contribution in [0.1, 0.15) is 24.5 Å². The lowest BCUT2D eigenvalue weighted by Gasteiger charge is -2.05. The molecule has 0 aliphatic carbocycles. The van der Waals surface area contributed by atoms with E-state index in [2.05, 4.69) is 17.0 Å². The molecule has 3 aromatic heterocycles. The first-order valence-corrected chi connectivity index (χ1v) is 13.3. The second kappa shape index (κ2) is 10.1. The summed E-state index contributed by atoms with van der Waals surface area (Å²) in [5.74, 6) is 1.37. The summed E-state index contributed by atoms with van der Waals surface area (Å²) < 4.78 is 9.51. The fraction of sp³-hybridized carbons (Fsp3) is 0.133. The van der Waals surface area contributed by atoms with Crippen LogP contribution in [-0.2, 0) is 0 Å². The molecule has 6 aromatic rings. The third-order valence-corrected chi connectivity index (χ3v) is 7.07. The normalized spacial score (nSPS) is 11.9. The number of hydrogen-bond donors (Lipinski definition) is 0. The van der Waals surface area contributed by atoms with Crippen molar-refractivity contribution in [1.29, 1.82) is 0 Å². The fourth-order valence-corrected chi connectivity index (χ4v) is 5.14. The molecule has 0 amide bonds. The lowest BCUT2D eigenvalue weighted by Crippen LogP contribution is -2.23. The second-order valence-corrected chi connectivity index (χ2v) is 10.0. The minimum absolute atomic E-state index is 0.196. The molecule has 188 valence electrons. The summed E-state index contributed by atoms with van der Waals surface area (Å²) in [6.45, 7) is 4.78. The van der Waals surface area contributed by atoms with Gasteiger partial charge in [0.25, 0.3) is 5.56 Å². The van der Waals surface area contributed by atoms with Crippen molar-refractivity contribution < 1.29 is 4.74 Å². The van der Waals surface area contributed by atoms with Gasteiger partial charge in [0.1, 0.15) is 11.4 Å². The van der Waals surface area contributed by atoms with Crippen LogP contribution in [0.5, 0.6) is 5.75 Å². The molecule has 0 aliphatic rings. The first-order chi connectivity index (χ1) is 18.6. The van der Waals surface area contributed by atoms with Crippen LogP contribution in [0.25, 0.3) is 39.4 Å². The van der Waals surface area contributed by atoms with E-state index >= 15 is 0 Å². The van der Waals surface area contributed by atoms with Crippen molar-refractivity contribution in [2.24, 2.45) is 0 Å². The maximum atomic E-state index is 13.3. The topological polar surface area (TPSA) is 74.3 Å². The summed E-state index contributed by atoms with van der Waals surface area (Å²) >= 11 is 1.32. The Morgan fingerprint density at radius 2 is 1.76 bits per heavy atom. The van der Waals surface area contributed by atoms with Crippen LogP contribution in [0.2, 0.25) is 0 Å². The number of benzene rings is 3. The van der Waals surface area contributed by atoms with Gasteiger partial charge in [0.15, 0.2) is 5.82 Å². The van der Waals surface area contributed by atoms with Crippen molar-refractivity contribution in [3.8, 4) is 34.1 Å². The number of ether oxygens (including phenoxy) is 1. The number of hydrogen-bond acceptors (Lipinski definition) is 6. The monoisotopic (exact) mass is 519 g/mol. The van der Waals surface area contributed by atoms with Crippen molar-refractivity contribution in [1.82, 2.24) is 24.4 Å². The SMILES string of the molecule is CCCOc1ccc(-c2nn(-c3ccccc3)cc2C=c2sc3nc(-c4cccc(C)c4)nn3c2=O)cc1. The average Bonchev–Trinajstić information content (AvgIpc) is 3.63. The lowest BCUT2D eigenvalue weighted by molar-refractivity contribution is 0.317. The van der Waals surface area contributed by atoms with Crippen molar-refractivity contribution in [3.63, 3.8) is 0 Å². The molecule has 6 rings (SSSR count). The van der Waals surface area contributed by atoms with Gasteiger partial charge in [-0.15, -0.1) is 5.10 Å². The van der Waals surface area contributed by atoms with E-state index in [0.29, 0.717) is 21.9 Å². The smallest absolute Gasteiger partial charge is 0.291 e. The second-order valence-electron chi connectivity index (χ2n) is 9.00. The van der Waals surface area contributed by atoms with E-state index in [1.54, 1.807) is 0 Å². The summed E-state index contributed by atoms with van der Waals surface area (Å²) in [7, 11) is 0. The molecular weight excluding hydrogens is 494 g/mol. The number of aromatic nitrogens is 5. The van der Waals surface area contributed by atoms with E-state index in [1.165, 1.54) is 15.9 Å². The van der Waals surface area contributed by atoms with Crippen molar-refractivity contribution in [2.75, 3.05) is 6.61 Å². The molecule has 0 unspecified atom stereocenters. The van der Waals surface area contributed by atoms with Crippen LogP contribution in [0, 0.1) is 6.92 Å². The molecule has 7 nitrogen and oxygen atoms in total. The summed E-state index contributed by atoms with van der Waals surface area (Å²) in [5, 5.41) is 9.38. The van der Waals surface area contributed by atoms with Crippen LogP contribution in [-0.4, -0.2) is 31.0 Å². The number of fused-ring (bicyclic) bond motifs is 1. The van der Waals surface area contributed by atoms with Gasteiger partial charge in [-0.25, -0.2) is 4.68 Å². The Morgan fingerprint density at radius 1 is 0.947 bits per heavy atom. The Balaban J connectivity index is 1.44. The third kappa shape index (κ3) is 4.62. The maximum Gasteiger partial charge on any atom is 0.291 e. The van der Waals surface area contributed by atoms with Gasteiger partial charge in [0, 0.05) is 22.9 Å². The molecule has 0 fully saturated rings. The van der Waals surface area contributed by atoms with Crippen LogP contribution in [0.3, 0.4) is 0 Å². The van der Waals surface area contributed by atoms with E-state index in [0.717, 1.165) is 45.8 Å². The zero-order chi connectivity index (χ0) is 26.1. The van der Waals surface area contributed by atoms with Gasteiger partial charge >= 0.3 is 0 Å². The van der Waals surface area contributed by atoms with Gasteiger partial charge in [-0.3, -0.25) is 4.79 Å². The molecule has 0 radical (unpaired) electrons. The highest BCUT2D eigenvalue weighted by atomic mass is 32.1. The van der Waals surface area contributed by atoms with Gasteiger partial charge in [-0.1, -0.05) is 60.2 Å². The standard InChI is InChI=1S/C30H25N5O2S/c1-3-16-37-25-14-12-21(13-15-25)27-23(19-34(32-27)24-10-5-4-6-11-24)18-26-29(36)35-30(38-26)31-28(33-35)22-9-7-8-20(2)17-22/h4-15,17-19H,3,16H2,1-2H3. The first kappa shape index (κ1) is 23.8. The predicted octanol–water partition coefficient (Wildman–Crippen LogP) is 5.32. The molecule has 0 aliphatic heterocycles. The molecule has 0 spiro atoms. The maximum absolute atomic E-state index is 13.3. The molecule has 0 N–H and O–H groups in total. The summed E-state index contributed by atoms with van der Waals surface area (Å²) in [5.41, 5.74) is 5.28. The van der Waals surface area contributed by atoms with Crippen LogP contribution in [0.15, 0.2) is 89.9 Å². The molecule has 0 saturated carbocycles. The van der Waals surface area contributed by atoms with Gasteiger partial charge in [0.2, 0.25) is 4.96 Å². The van der Waals surface area contributed by atoms with Gasteiger partial charge < -0.3 is 4.74 Å². The summed E-state index contributed by atoms with van der Waals surface area (Å²) in [6, 6.07) is 25.8. The van der Waals surface area contributed by atoms with Crippen molar-refractivity contribution in [3.05, 3.63) is 111 Å². The molecular formula is C30H25N5O2S. The van der Waals surface area contributed by atoms with Crippen LogP contribution >= 0.6 is 11.3 Å². The highest BCUT2D eigenvalue weighted by molar-refractivity contribution is 7.15.